The molecule has 0 bridgehead atoms. The lowest BCUT2D eigenvalue weighted by molar-refractivity contribution is -0.0528. The Kier molecular flexibility index (Phi) is 6.56. The Morgan fingerprint density at radius 2 is 2.05 bits per heavy atom. The molecule has 1 aromatic rings. The highest BCUT2D eigenvalue weighted by atomic mass is 19.3. The lowest BCUT2D eigenvalue weighted by atomic mass is 10.0. The molecule has 0 spiro atoms. The summed E-state index contributed by atoms with van der Waals surface area (Å²) in [7, 11) is 0. The van der Waals surface area contributed by atoms with Crippen molar-refractivity contribution in [3.63, 3.8) is 0 Å². The van der Waals surface area contributed by atoms with Crippen molar-refractivity contribution in [3.05, 3.63) is 23.9 Å². The molecule has 1 aromatic heterocycles. The van der Waals surface area contributed by atoms with Crippen LogP contribution in [0.1, 0.15) is 31.2 Å². The fourth-order valence-corrected chi connectivity index (χ4v) is 1.16. The molecule has 1 aliphatic rings. The van der Waals surface area contributed by atoms with Gasteiger partial charge in [0.15, 0.2) is 0 Å². The molecule has 2 rings (SSSR count). The smallest absolute Gasteiger partial charge is 0.388 e. The van der Waals surface area contributed by atoms with Gasteiger partial charge in [-0.25, -0.2) is 9.78 Å². The highest BCUT2D eigenvalue weighted by Gasteiger charge is 2.05. The molecule has 0 aliphatic heterocycles. The summed E-state index contributed by atoms with van der Waals surface area (Å²) in [6, 6.07) is 2.15. The number of nitrogens with one attached hydrogen (secondary N) is 1. The van der Waals surface area contributed by atoms with Crippen LogP contribution in [-0.2, 0) is 6.54 Å². The lowest BCUT2D eigenvalue weighted by Crippen LogP contribution is -2.28. The average Bonchev–Trinajstić information content (AvgIpc) is 2.23. The van der Waals surface area contributed by atoms with E-state index in [9.17, 15) is 13.6 Å². The molecule has 0 atom stereocenters. The first-order chi connectivity index (χ1) is 9.08. The minimum absolute atomic E-state index is 0.136. The van der Waals surface area contributed by atoms with Crippen molar-refractivity contribution in [3.8, 4) is 5.88 Å². The van der Waals surface area contributed by atoms with E-state index in [-0.39, 0.29) is 12.4 Å². The summed E-state index contributed by atoms with van der Waals surface area (Å²) in [5.41, 5.74) is 5.41. The highest BCUT2D eigenvalue weighted by molar-refractivity contribution is 5.71. The summed E-state index contributed by atoms with van der Waals surface area (Å²) >= 11 is 0. The van der Waals surface area contributed by atoms with Crippen LogP contribution in [0, 0.1) is 0 Å². The molecule has 2 amide bonds. The van der Waals surface area contributed by atoms with Gasteiger partial charge in [-0.3, -0.25) is 0 Å². The van der Waals surface area contributed by atoms with Gasteiger partial charge < -0.3 is 15.8 Å². The number of alkyl halides is 2. The Morgan fingerprint density at radius 3 is 2.53 bits per heavy atom. The summed E-state index contributed by atoms with van der Waals surface area (Å²) in [6.45, 7) is -2.78. The van der Waals surface area contributed by atoms with E-state index in [1.165, 1.54) is 37.9 Å². The van der Waals surface area contributed by atoms with Crippen molar-refractivity contribution in [2.75, 3.05) is 0 Å². The van der Waals surface area contributed by atoms with E-state index in [1.54, 1.807) is 6.07 Å². The molecule has 5 nitrogen and oxygen atoms in total. The normalized spacial score (nSPS) is 13.0. The predicted octanol–water partition coefficient (Wildman–Crippen LogP) is 2.41. The first-order valence-corrected chi connectivity index (χ1v) is 6.01. The third kappa shape index (κ3) is 7.17. The molecule has 1 saturated carbocycles. The third-order valence-electron chi connectivity index (χ3n) is 2.48. The van der Waals surface area contributed by atoms with Crippen molar-refractivity contribution in [2.24, 2.45) is 5.73 Å². The highest BCUT2D eigenvalue weighted by Crippen LogP contribution is 2.15. The maximum atomic E-state index is 11.8. The SMILES string of the molecule is C1CCC1.NC(=O)NCc1ccnc(OC(F)F)c1. The Hall–Kier alpha value is -1.92. The number of rotatable bonds is 4. The van der Waals surface area contributed by atoms with Gasteiger partial charge in [0.25, 0.3) is 0 Å². The number of hydrogen-bond acceptors (Lipinski definition) is 3. The predicted molar refractivity (Wildman–Crippen MR) is 65.8 cm³/mol. The number of nitrogens with two attached hydrogens (primary N) is 1. The van der Waals surface area contributed by atoms with Gasteiger partial charge in [-0.1, -0.05) is 25.7 Å². The monoisotopic (exact) mass is 273 g/mol. The molecule has 0 unspecified atom stereocenters. The number of nitrogens with zero attached hydrogens (tertiary/aromatic N) is 1. The number of ether oxygens (including phenoxy) is 1. The van der Waals surface area contributed by atoms with Crippen molar-refractivity contribution >= 4 is 6.03 Å². The number of urea groups is 1. The van der Waals surface area contributed by atoms with Crippen LogP contribution < -0.4 is 15.8 Å². The number of primary amides is 1. The van der Waals surface area contributed by atoms with Gasteiger partial charge in [0, 0.05) is 18.8 Å². The van der Waals surface area contributed by atoms with Gasteiger partial charge in [-0.05, 0) is 11.6 Å². The van der Waals surface area contributed by atoms with Crippen LogP contribution in [-0.4, -0.2) is 17.6 Å². The molecule has 1 aliphatic carbocycles. The second-order valence-electron chi connectivity index (χ2n) is 4.01. The van der Waals surface area contributed by atoms with E-state index >= 15 is 0 Å². The minimum atomic E-state index is -2.92. The minimum Gasteiger partial charge on any atom is -0.417 e. The molecule has 106 valence electrons. The van der Waals surface area contributed by atoms with Crippen LogP contribution >= 0.6 is 0 Å². The van der Waals surface area contributed by atoms with Crippen molar-refractivity contribution in [2.45, 2.75) is 38.8 Å². The summed E-state index contributed by atoms with van der Waals surface area (Å²) in [4.78, 5) is 13.9. The zero-order valence-corrected chi connectivity index (χ0v) is 10.4. The Bertz CT molecular complexity index is 394. The van der Waals surface area contributed by atoms with Crippen LogP contribution in [0.4, 0.5) is 13.6 Å². The second-order valence-corrected chi connectivity index (χ2v) is 4.01. The topological polar surface area (TPSA) is 77.2 Å². The lowest BCUT2D eigenvalue weighted by Gasteiger charge is -2.05. The number of carbonyl (C=O) groups excluding carboxylic acids is 1. The molecular formula is C12H17F2N3O2. The molecule has 0 radical (unpaired) electrons. The van der Waals surface area contributed by atoms with E-state index in [4.69, 9.17) is 5.73 Å². The van der Waals surface area contributed by atoms with Crippen LogP contribution in [0.25, 0.3) is 0 Å². The van der Waals surface area contributed by atoms with Crippen molar-refractivity contribution in [1.29, 1.82) is 0 Å². The zero-order valence-electron chi connectivity index (χ0n) is 10.4. The first-order valence-electron chi connectivity index (χ1n) is 6.01. The average molecular weight is 273 g/mol. The van der Waals surface area contributed by atoms with Gasteiger partial charge in [-0.15, -0.1) is 0 Å². The molecule has 0 saturated heterocycles. The Morgan fingerprint density at radius 1 is 1.42 bits per heavy atom. The fourth-order valence-electron chi connectivity index (χ4n) is 1.16. The molecule has 0 aromatic carbocycles. The number of halogens is 2. The zero-order chi connectivity index (χ0) is 14.1. The van der Waals surface area contributed by atoms with E-state index in [2.05, 4.69) is 15.0 Å². The fraction of sp³-hybridized carbons (Fsp3) is 0.500. The van der Waals surface area contributed by atoms with Crippen LogP contribution in [0.15, 0.2) is 18.3 Å². The number of aromatic nitrogens is 1. The van der Waals surface area contributed by atoms with E-state index in [1.807, 2.05) is 0 Å². The maximum Gasteiger partial charge on any atom is 0.388 e. The van der Waals surface area contributed by atoms with E-state index in [0.29, 0.717) is 5.56 Å². The standard InChI is InChI=1S/C8H9F2N3O2.C4H8/c9-7(10)15-6-3-5(1-2-12-6)4-13-8(11)14;1-2-4-3-1/h1-3,7H,4H2,(H3,11,13,14);1-4H2. The maximum absolute atomic E-state index is 11.8. The number of pyridine rings is 1. The molecule has 3 N–H and O–H groups in total. The second kappa shape index (κ2) is 8.23. The Labute approximate surface area is 110 Å². The molecule has 1 fully saturated rings. The van der Waals surface area contributed by atoms with Crippen LogP contribution in [0.3, 0.4) is 0 Å². The number of amides is 2. The van der Waals surface area contributed by atoms with Crippen molar-refractivity contribution in [1.82, 2.24) is 10.3 Å². The number of carbonyl (C=O) groups is 1. The molecule has 7 heteroatoms. The third-order valence-corrected chi connectivity index (χ3v) is 2.48. The van der Waals surface area contributed by atoms with Gasteiger partial charge in [0.1, 0.15) is 0 Å². The van der Waals surface area contributed by atoms with Crippen LogP contribution in [0.2, 0.25) is 0 Å². The quantitative estimate of drug-likeness (QED) is 0.884. The van der Waals surface area contributed by atoms with Gasteiger partial charge in [0.2, 0.25) is 5.88 Å². The summed E-state index contributed by atoms with van der Waals surface area (Å²) < 4.78 is 27.7. The van der Waals surface area contributed by atoms with Gasteiger partial charge in [0.05, 0.1) is 0 Å². The van der Waals surface area contributed by atoms with Crippen LogP contribution in [0.5, 0.6) is 5.88 Å². The van der Waals surface area contributed by atoms with Crippen molar-refractivity contribution < 1.29 is 18.3 Å². The molecule has 1 heterocycles. The largest absolute Gasteiger partial charge is 0.417 e. The first kappa shape index (κ1) is 15.1. The molecular weight excluding hydrogens is 256 g/mol. The number of hydrogen-bond donors (Lipinski definition) is 2. The van der Waals surface area contributed by atoms with Gasteiger partial charge in [-0.2, -0.15) is 8.78 Å². The summed E-state index contributed by atoms with van der Waals surface area (Å²) in [5.74, 6) is -0.200. The van der Waals surface area contributed by atoms with Gasteiger partial charge >= 0.3 is 12.6 Å². The summed E-state index contributed by atoms with van der Waals surface area (Å²) in [5, 5.41) is 2.31. The van der Waals surface area contributed by atoms with E-state index < -0.39 is 12.6 Å². The summed E-state index contributed by atoms with van der Waals surface area (Å²) in [6.07, 6.45) is 7.30. The van der Waals surface area contributed by atoms with E-state index in [0.717, 1.165) is 0 Å². The Balaban J connectivity index is 0.000000382. The molecule has 19 heavy (non-hydrogen) atoms.